The summed E-state index contributed by atoms with van der Waals surface area (Å²) >= 11 is 0. The monoisotopic (exact) mass is 526 g/mol. The highest BCUT2D eigenvalue weighted by atomic mass is 16.7. The largest absolute Gasteiger partial charge is 0.512 e. The van der Waals surface area contributed by atoms with Crippen LogP contribution in [-0.2, 0) is 6.42 Å². The molecule has 0 radical (unpaired) electrons. The second-order valence-corrected chi connectivity index (χ2v) is 8.75. The fourth-order valence-electron chi connectivity index (χ4n) is 4.69. The molecule has 10 heteroatoms. The Morgan fingerprint density at radius 1 is 0.897 bits per heavy atom. The summed E-state index contributed by atoms with van der Waals surface area (Å²) in [7, 11) is 0. The molecule has 10 nitrogen and oxygen atoms in total. The van der Waals surface area contributed by atoms with Gasteiger partial charge in [0.15, 0.2) is 0 Å². The van der Waals surface area contributed by atoms with Crippen LogP contribution in [0.4, 0.5) is 10.5 Å². The molecule has 196 valence electrons. The number of H-pyrrole nitrogens is 1. The van der Waals surface area contributed by atoms with Crippen molar-refractivity contribution in [3.05, 3.63) is 100 Å². The van der Waals surface area contributed by atoms with Crippen LogP contribution in [0.5, 0.6) is 11.6 Å². The molecule has 1 heterocycles. The number of aromatic amines is 1. The quantitative estimate of drug-likeness (QED) is 0.0834. The summed E-state index contributed by atoms with van der Waals surface area (Å²) in [6, 6.07) is 22.4. The molecule has 5 aromatic rings. The standard InChI is InChI=1S/C29H22N2O8/c32-28(33)18-13-14-20(24(16-18)31(36)37)21-9-4-10-22-23(27(30-26(21)22)39-29(34)35)11-5-15-38-25-12-3-7-17-6-1-2-8-19(17)25/h1-4,6-10,12-14,16,30H,5,11,15H2,(H,32,33)(H,34,35). The third-order valence-electron chi connectivity index (χ3n) is 6.40. The highest BCUT2D eigenvalue weighted by Crippen LogP contribution is 2.39. The summed E-state index contributed by atoms with van der Waals surface area (Å²) in [5.74, 6) is -0.527. The number of hydrogen-bond donors (Lipinski definition) is 3. The molecule has 0 saturated carbocycles. The predicted molar refractivity (Wildman–Crippen MR) is 144 cm³/mol. The number of carboxylic acids is 1. The number of nitro groups is 1. The van der Waals surface area contributed by atoms with Gasteiger partial charge in [0.2, 0.25) is 5.88 Å². The Hall–Kier alpha value is -5.38. The van der Waals surface area contributed by atoms with E-state index >= 15 is 0 Å². The molecular weight excluding hydrogens is 504 g/mol. The first kappa shape index (κ1) is 25.3. The summed E-state index contributed by atoms with van der Waals surface area (Å²) in [4.78, 5) is 36.9. The summed E-state index contributed by atoms with van der Waals surface area (Å²) in [6.07, 6.45) is -0.575. The molecule has 0 atom stereocenters. The van der Waals surface area contributed by atoms with Crippen LogP contribution >= 0.6 is 0 Å². The second kappa shape index (κ2) is 10.5. The van der Waals surface area contributed by atoms with Crippen molar-refractivity contribution < 1.29 is 34.2 Å². The second-order valence-electron chi connectivity index (χ2n) is 8.75. The van der Waals surface area contributed by atoms with E-state index in [0.717, 1.165) is 22.6 Å². The van der Waals surface area contributed by atoms with Gasteiger partial charge >= 0.3 is 12.1 Å². The molecule has 0 saturated heterocycles. The third-order valence-corrected chi connectivity index (χ3v) is 6.40. The molecule has 0 aliphatic heterocycles. The van der Waals surface area contributed by atoms with Gasteiger partial charge in [-0.05, 0) is 36.4 Å². The number of carboxylic acid groups (broad SMARTS) is 2. The molecule has 1 aromatic heterocycles. The van der Waals surface area contributed by atoms with Gasteiger partial charge in [-0.2, -0.15) is 0 Å². The van der Waals surface area contributed by atoms with Crippen LogP contribution in [0.2, 0.25) is 0 Å². The van der Waals surface area contributed by atoms with Crippen molar-refractivity contribution in [2.75, 3.05) is 6.61 Å². The first-order valence-electron chi connectivity index (χ1n) is 12.0. The molecule has 3 N–H and O–H groups in total. The molecule has 0 amide bonds. The van der Waals surface area contributed by atoms with Crippen molar-refractivity contribution in [1.29, 1.82) is 0 Å². The van der Waals surface area contributed by atoms with Crippen molar-refractivity contribution in [2.24, 2.45) is 0 Å². The van der Waals surface area contributed by atoms with Gasteiger partial charge in [-0.1, -0.05) is 54.6 Å². The number of nitrogens with one attached hydrogen (secondary N) is 1. The van der Waals surface area contributed by atoms with Crippen LogP contribution in [0.15, 0.2) is 78.9 Å². The van der Waals surface area contributed by atoms with Crippen LogP contribution < -0.4 is 9.47 Å². The minimum Gasteiger partial charge on any atom is -0.493 e. The molecule has 0 bridgehead atoms. The van der Waals surface area contributed by atoms with E-state index in [1.54, 1.807) is 18.2 Å². The van der Waals surface area contributed by atoms with Gasteiger partial charge in [0, 0.05) is 28.0 Å². The molecule has 39 heavy (non-hydrogen) atoms. The molecule has 4 aromatic carbocycles. The first-order chi connectivity index (χ1) is 18.8. The lowest BCUT2D eigenvalue weighted by Gasteiger charge is -2.10. The van der Waals surface area contributed by atoms with Gasteiger partial charge < -0.3 is 24.7 Å². The Balaban J connectivity index is 1.47. The molecule has 0 aliphatic rings. The normalized spacial score (nSPS) is 11.0. The van der Waals surface area contributed by atoms with E-state index in [9.17, 15) is 29.9 Å². The fourth-order valence-corrected chi connectivity index (χ4v) is 4.69. The van der Waals surface area contributed by atoms with Gasteiger partial charge in [-0.15, -0.1) is 0 Å². The lowest BCUT2D eigenvalue weighted by atomic mass is 9.98. The SMILES string of the molecule is O=C(O)Oc1[nH]c2c(-c3ccc(C(=O)O)cc3[N+](=O)[O-])cccc2c1CCCOc1cccc2ccccc12. The zero-order valence-electron chi connectivity index (χ0n) is 20.4. The molecule has 0 aliphatic carbocycles. The number of aromatic nitrogens is 1. The van der Waals surface area contributed by atoms with Crippen molar-refractivity contribution in [3.63, 3.8) is 0 Å². The molecule has 0 fully saturated rings. The summed E-state index contributed by atoms with van der Waals surface area (Å²) < 4.78 is 11.1. The number of hydrogen-bond acceptors (Lipinski definition) is 6. The van der Waals surface area contributed by atoms with Gasteiger partial charge in [-0.25, -0.2) is 9.59 Å². The maximum Gasteiger partial charge on any atom is 0.512 e. The van der Waals surface area contributed by atoms with Crippen LogP contribution in [-0.4, -0.2) is 38.9 Å². The Bertz CT molecular complexity index is 1740. The van der Waals surface area contributed by atoms with E-state index in [1.807, 2.05) is 42.5 Å². The third kappa shape index (κ3) is 5.08. The van der Waals surface area contributed by atoms with Crippen molar-refractivity contribution >= 4 is 39.5 Å². The lowest BCUT2D eigenvalue weighted by molar-refractivity contribution is -0.384. The number of ether oxygens (including phenoxy) is 2. The zero-order valence-corrected chi connectivity index (χ0v) is 20.4. The Kier molecular flexibility index (Phi) is 6.83. The number of nitrogens with zero attached hydrogens (tertiary/aromatic N) is 1. The van der Waals surface area contributed by atoms with Crippen molar-refractivity contribution in [1.82, 2.24) is 4.98 Å². The van der Waals surface area contributed by atoms with Crippen molar-refractivity contribution in [3.8, 4) is 22.8 Å². The van der Waals surface area contributed by atoms with Gasteiger partial charge in [0.05, 0.1) is 28.2 Å². The number of aromatic carboxylic acids is 1. The maximum atomic E-state index is 11.8. The molecular formula is C29H22N2O8. The number of carbonyl (C=O) groups is 2. The number of nitro benzene ring substituents is 1. The van der Waals surface area contributed by atoms with E-state index in [0.29, 0.717) is 41.5 Å². The lowest BCUT2D eigenvalue weighted by Crippen LogP contribution is -2.06. The number of para-hydroxylation sites is 1. The van der Waals surface area contributed by atoms with E-state index in [4.69, 9.17) is 9.47 Å². The number of benzene rings is 4. The zero-order chi connectivity index (χ0) is 27.5. The maximum absolute atomic E-state index is 11.8. The molecule has 0 unspecified atom stereocenters. The number of rotatable bonds is 9. The fraction of sp³-hybridized carbons (Fsp3) is 0.103. The molecule has 5 rings (SSSR count). The molecule has 0 spiro atoms. The van der Waals surface area contributed by atoms with E-state index < -0.39 is 17.0 Å². The van der Waals surface area contributed by atoms with E-state index in [1.165, 1.54) is 12.1 Å². The average molecular weight is 527 g/mol. The Morgan fingerprint density at radius 2 is 1.64 bits per heavy atom. The van der Waals surface area contributed by atoms with E-state index in [2.05, 4.69) is 4.98 Å². The summed E-state index contributed by atoms with van der Waals surface area (Å²) in [6.45, 7) is 0.356. The van der Waals surface area contributed by atoms with Crippen LogP contribution in [0, 0.1) is 10.1 Å². The van der Waals surface area contributed by atoms with Gasteiger partial charge in [0.1, 0.15) is 5.75 Å². The van der Waals surface area contributed by atoms with Gasteiger partial charge in [0.25, 0.3) is 5.69 Å². The summed E-state index contributed by atoms with van der Waals surface area (Å²) in [5, 5.41) is 33.0. The topological polar surface area (TPSA) is 152 Å². The van der Waals surface area contributed by atoms with E-state index in [-0.39, 0.29) is 22.7 Å². The Morgan fingerprint density at radius 3 is 2.41 bits per heavy atom. The van der Waals surface area contributed by atoms with Crippen LogP contribution in [0.3, 0.4) is 0 Å². The number of aryl methyl sites for hydroxylation is 1. The minimum absolute atomic E-state index is 0.0138. The minimum atomic E-state index is -1.51. The van der Waals surface area contributed by atoms with Crippen LogP contribution in [0.1, 0.15) is 22.3 Å². The summed E-state index contributed by atoms with van der Waals surface area (Å²) in [5.41, 5.74) is 1.01. The highest BCUT2D eigenvalue weighted by molar-refractivity contribution is 6.00. The smallest absolute Gasteiger partial charge is 0.493 e. The average Bonchev–Trinajstić information content (AvgIpc) is 3.27. The van der Waals surface area contributed by atoms with Crippen molar-refractivity contribution in [2.45, 2.75) is 12.8 Å². The van der Waals surface area contributed by atoms with Gasteiger partial charge in [-0.3, -0.25) is 10.1 Å². The number of fused-ring (bicyclic) bond motifs is 2. The Labute approximate surface area is 221 Å². The first-order valence-corrected chi connectivity index (χ1v) is 12.0. The predicted octanol–water partition coefficient (Wildman–Crippen LogP) is 6.66. The highest BCUT2D eigenvalue weighted by Gasteiger charge is 2.23. The van der Waals surface area contributed by atoms with Crippen LogP contribution in [0.25, 0.3) is 32.8 Å².